The second kappa shape index (κ2) is 2.88. The van der Waals surface area contributed by atoms with E-state index in [1.165, 1.54) is 0 Å². The molecule has 0 N–H and O–H groups in total. The van der Waals surface area contributed by atoms with Gasteiger partial charge in [-0.25, -0.2) is 0 Å². The number of rotatable bonds is 3. The zero-order valence-electron chi connectivity index (χ0n) is 5.00. The van der Waals surface area contributed by atoms with Crippen LogP contribution in [-0.2, 0) is 4.79 Å². The van der Waals surface area contributed by atoms with Crippen LogP contribution in [0.3, 0.4) is 0 Å². The third-order valence-electron chi connectivity index (χ3n) is 0.837. The number of hydrogen-bond acceptors (Lipinski definition) is 2. The molecule has 0 saturated carbocycles. The summed E-state index contributed by atoms with van der Waals surface area (Å²) >= 11 is 0. The summed E-state index contributed by atoms with van der Waals surface area (Å²) in [5.74, 6) is -6.05. The standard InChI is InChI=1S/C3F7NO/c4-1(12)2(5,6)3(7,8)11(9)10. The third-order valence-corrected chi connectivity index (χ3v) is 0.837. The Hall–Kier alpha value is -0.860. The van der Waals surface area contributed by atoms with Gasteiger partial charge in [-0.3, -0.25) is 4.79 Å². The lowest BCUT2D eigenvalue weighted by molar-refractivity contribution is -0.389. The normalized spacial score (nSPS) is 13.7. The third kappa shape index (κ3) is 1.49. The van der Waals surface area contributed by atoms with Crippen LogP contribution in [0.1, 0.15) is 0 Å². The number of hydrogen-bond donors (Lipinski definition) is 0. The fourth-order valence-electron chi connectivity index (χ4n) is 0.224. The second-order valence-electron chi connectivity index (χ2n) is 1.62. The molecule has 0 aromatic carbocycles. The van der Waals surface area contributed by atoms with Crippen molar-refractivity contribution in [1.29, 1.82) is 0 Å². The second-order valence-corrected chi connectivity index (χ2v) is 1.62. The lowest BCUT2D eigenvalue weighted by Crippen LogP contribution is -2.51. The van der Waals surface area contributed by atoms with E-state index in [0.717, 1.165) is 0 Å². The van der Waals surface area contributed by atoms with Gasteiger partial charge in [0.25, 0.3) is 0 Å². The van der Waals surface area contributed by atoms with E-state index in [4.69, 9.17) is 4.79 Å². The van der Waals surface area contributed by atoms with Crippen molar-refractivity contribution in [2.24, 2.45) is 0 Å². The van der Waals surface area contributed by atoms with Crippen molar-refractivity contribution >= 4 is 6.04 Å². The molecule has 2 nitrogen and oxygen atoms in total. The molecule has 9 heteroatoms. The summed E-state index contributed by atoms with van der Waals surface area (Å²) in [5, 5.41) is -3.23. The molecule has 0 saturated heterocycles. The van der Waals surface area contributed by atoms with Crippen LogP contribution in [0.4, 0.5) is 30.9 Å². The predicted molar refractivity (Wildman–Crippen MR) is 20.1 cm³/mol. The van der Waals surface area contributed by atoms with E-state index in [0.29, 0.717) is 0 Å². The lowest BCUT2D eigenvalue weighted by Gasteiger charge is -2.21. The number of nitrogens with zero attached hydrogens (tertiary/aromatic N) is 1. The highest BCUT2D eigenvalue weighted by Crippen LogP contribution is 2.38. The smallest absolute Gasteiger partial charge is 0.254 e. The molecule has 0 aliphatic rings. The Balaban J connectivity index is 4.88. The first kappa shape index (κ1) is 11.1. The maximum atomic E-state index is 11.6. The molecule has 0 spiro atoms. The van der Waals surface area contributed by atoms with E-state index >= 15 is 0 Å². The molecule has 0 aromatic heterocycles. The van der Waals surface area contributed by atoms with Crippen molar-refractivity contribution in [3.05, 3.63) is 0 Å². The van der Waals surface area contributed by atoms with Gasteiger partial charge < -0.3 is 0 Å². The summed E-state index contributed by atoms with van der Waals surface area (Å²) in [4.78, 5) is 9.16. The first-order valence-corrected chi connectivity index (χ1v) is 2.21. The van der Waals surface area contributed by atoms with E-state index in [1.807, 2.05) is 0 Å². The summed E-state index contributed by atoms with van der Waals surface area (Å²) in [7, 11) is 0. The molecule has 0 atom stereocenters. The summed E-state index contributed by atoms with van der Waals surface area (Å²) in [5.41, 5.74) is 0. The van der Waals surface area contributed by atoms with E-state index in [9.17, 15) is 30.9 Å². The topological polar surface area (TPSA) is 20.3 Å². The molecular weight excluding hydrogens is 199 g/mol. The predicted octanol–water partition coefficient (Wildman–Crippen LogP) is 1.78. The van der Waals surface area contributed by atoms with Gasteiger partial charge in [-0.05, 0) is 0 Å². The van der Waals surface area contributed by atoms with Crippen molar-refractivity contribution in [3.8, 4) is 0 Å². The largest absolute Gasteiger partial charge is 0.429 e. The fraction of sp³-hybridized carbons (Fsp3) is 0.667. The minimum absolute atomic E-state index is 3.23. The molecule has 72 valence electrons. The van der Waals surface area contributed by atoms with E-state index < -0.39 is 23.4 Å². The first-order valence-electron chi connectivity index (χ1n) is 2.21. The van der Waals surface area contributed by atoms with Gasteiger partial charge in [-0.15, -0.1) is 0 Å². The van der Waals surface area contributed by atoms with Gasteiger partial charge in [0.2, 0.25) is 0 Å². The zero-order valence-corrected chi connectivity index (χ0v) is 5.00. The Morgan fingerprint density at radius 3 is 1.50 bits per heavy atom. The lowest BCUT2D eigenvalue weighted by atomic mass is 10.3. The maximum absolute atomic E-state index is 11.6. The van der Waals surface area contributed by atoms with E-state index in [2.05, 4.69) is 0 Å². The van der Waals surface area contributed by atoms with Gasteiger partial charge >= 0.3 is 18.0 Å². The van der Waals surface area contributed by atoms with Gasteiger partial charge in [0.15, 0.2) is 0 Å². The Morgan fingerprint density at radius 1 is 1.08 bits per heavy atom. The molecule has 0 amide bonds. The van der Waals surface area contributed by atoms with Crippen LogP contribution in [0.15, 0.2) is 0 Å². The summed E-state index contributed by atoms with van der Waals surface area (Å²) in [6.45, 7) is 0. The summed E-state index contributed by atoms with van der Waals surface area (Å²) in [6, 6.07) is -9.97. The van der Waals surface area contributed by atoms with Crippen LogP contribution in [0, 0.1) is 0 Å². The molecule has 0 heterocycles. The van der Waals surface area contributed by atoms with Crippen molar-refractivity contribution in [3.63, 3.8) is 0 Å². The molecule has 12 heavy (non-hydrogen) atoms. The van der Waals surface area contributed by atoms with Crippen LogP contribution in [0.2, 0.25) is 0 Å². The van der Waals surface area contributed by atoms with Crippen LogP contribution < -0.4 is 0 Å². The molecule has 0 aliphatic heterocycles. The minimum Gasteiger partial charge on any atom is -0.254 e. The van der Waals surface area contributed by atoms with E-state index in [1.54, 1.807) is 0 Å². The Morgan fingerprint density at radius 2 is 1.42 bits per heavy atom. The van der Waals surface area contributed by atoms with Crippen LogP contribution in [-0.4, -0.2) is 23.4 Å². The average Bonchev–Trinajstić information content (AvgIpc) is 1.86. The molecule has 0 rings (SSSR count). The number of alkyl halides is 4. The van der Waals surface area contributed by atoms with Crippen LogP contribution >= 0.6 is 0 Å². The highest BCUT2D eigenvalue weighted by molar-refractivity contribution is 5.77. The Kier molecular flexibility index (Phi) is 2.68. The molecule has 0 unspecified atom stereocenters. The van der Waals surface area contributed by atoms with Crippen molar-refractivity contribution in [2.75, 3.05) is 0 Å². The summed E-state index contributed by atoms with van der Waals surface area (Å²) < 4.78 is 79.2. The molecule has 0 bridgehead atoms. The quantitative estimate of drug-likeness (QED) is 0.299. The number of carbonyl (C=O) groups is 1. The highest BCUT2D eigenvalue weighted by atomic mass is 19.4. The molecule has 0 fully saturated rings. The van der Waals surface area contributed by atoms with Crippen molar-refractivity contribution in [2.45, 2.75) is 12.0 Å². The Bertz CT molecular complexity index is 189. The number of carbonyl (C=O) groups excluding carboxylic acids is 1. The molecule has 0 radical (unpaired) electrons. The summed E-state index contributed by atoms with van der Waals surface area (Å²) in [6.07, 6.45) is 0. The van der Waals surface area contributed by atoms with E-state index in [-0.39, 0.29) is 0 Å². The number of halogens is 7. The van der Waals surface area contributed by atoms with Gasteiger partial charge in [0, 0.05) is 0 Å². The van der Waals surface area contributed by atoms with Crippen molar-refractivity contribution < 1.29 is 35.7 Å². The average molecular weight is 199 g/mol. The highest BCUT2D eigenvalue weighted by Gasteiger charge is 2.68. The molecule has 0 aliphatic carbocycles. The Labute approximate surface area is 60.4 Å². The van der Waals surface area contributed by atoms with Crippen LogP contribution in [0.5, 0.6) is 0 Å². The van der Waals surface area contributed by atoms with Gasteiger partial charge in [-0.1, -0.05) is 8.96 Å². The zero-order chi connectivity index (χ0) is 10.2. The fourth-order valence-corrected chi connectivity index (χ4v) is 0.224. The minimum atomic E-state index is -6.14. The van der Waals surface area contributed by atoms with Gasteiger partial charge in [0.1, 0.15) is 0 Å². The van der Waals surface area contributed by atoms with Gasteiger partial charge in [0.05, 0.1) is 5.34 Å². The molecule has 0 aromatic rings. The maximum Gasteiger partial charge on any atom is 0.429 e. The van der Waals surface area contributed by atoms with Crippen molar-refractivity contribution in [1.82, 2.24) is 5.34 Å². The van der Waals surface area contributed by atoms with Crippen LogP contribution in [0.25, 0.3) is 0 Å². The molecular formula is C3F7NO. The monoisotopic (exact) mass is 199 g/mol. The first-order chi connectivity index (χ1) is 5.14. The SMILES string of the molecule is O=C(F)C(F)(F)C(F)(F)N(F)F. The van der Waals surface area contributed by atoms with Gasteiger partial charge in [-0.2, -0.15) is 22.0 Å².